The second-order valence-electron chi connectivity index (χ2n) is 18.4. The van der Waals surface area contributed by atoms with Crippen molar-refractivity contribution in [2.45, 2.75) is 157 Å². The molecule has 0 fully saturated rings. The van der Waals surface area contributed by atoms with Gasteiger partial charge >= 0.3 is 18.0 Å². The molecule has 1 aromatic rings. The van der Waals surface area contributed by atoms with Crippen LogP contribution in [0.1, 0.15) is 108 Å². The Morgan fingerprint density at radius 1 is 0.897 bits per heavy atom. The summed E-state index contributed by atoms with van der Waals surface area (Å²) in [6.45, 7) is 20.5. The highest BCUT2D eigenvalue weighted by molar-refractivity contribution is 5.96. The quantitative estimate of drug-likeness (QED) is 0.0990. The Hall–Kier alpha value is -5.78. The molecular formula is C50H78N6O12. The Kier molecular flexibility index (Phi) is 24.5. The molecule has 1 heterocycles. The summed E-state index contributed by atoms with van der Waals surface area (Å²) in [5.41, 5.74) is 1.42. The number of cyclic esters (lactones) is 2. The Morgan fingerprint density at radius 2 is 1.53 bits per heavy atom. The van der Waals surface area contributed by atoms with E-state index in [1.54, 1.807) is 58.0 Å². The van der Waals surface area contributed by atoms with Gasteiger partial charge in [-0.3, -0.25) is 24.0 Å². The summed E-state index contributed by atoms with van der Waals surface area (Å²) in [4.78, 5) is 113. The minimum atomic E-state index is -1.32. The van der Waals surface area contributed by atoms with Gasteiger partial charge in [0.05, 0.1) is 19.3 Å². The number of hydrogen-bond acceptors (Lipinski definition) is 12. The lowest BCUT2D eigenvalue weighted by Gasteiger charge is -2.33. The normalized spacial score (nSPS) is 26.5. The standard InChI is InChI=1S/C50H78N6O12/c1-15-31(7)42-45(59)53-36(12)49(63)68-43(32(8)16-2)34(10)39(67-50(64)51-24-25-65-30(5)6)23-22-33(9)48(62)66-40(26-29(3)4)44(58)52-35(11)46(60)56(14)38(27-37-20-18-17-19-21-37)47(61)55(13)28-41(57)54-42/h16-22,29-31,34-36,38-40,42-43H,15,23-28H2,1-14H3,(H,51,64)(H,52,58)(H,53,59)(H,54,57)/b32-16+,33-22+/t31?,34-,35-,36+,38+,39-,40+,42-,43+/m0/s1. The first-order valence-electron chi connectivity index (χ1n) is 23.6. The van der Waals surface area contributed by atoms with Gasteiger partial charge in [-0.15, -0.1) is 0 Å². The van der Waals surface area contributed by atoms with Crippen molar-refractivity contribution in [3.63, 3.8) is 0 Å². The number of ether oxygens (including phenoxy) is 4. The van der Waals surface area contributed by atoms with Gasteiger partial charge in [-0.2, -0.15) is 0 Å². The highest BCUT2D eigenvalue weighted by Crippen LogP contribution is 2.26. The first-order valence-corrected chi connectivity index (χ1v) is 23.6. The van der Waals surface area contributed by atoms with Gasteiger partial charge in [0.1, 0.15) is 36.4 Å². The molecule has 2 rings (SSSR count). The van der Waals surface area contributed by atoms with E-state index in [1.807, 2.05) is 40.7 Å². The highest BCUT2D eigenvalue weighted by atomic mass is 16.6. The van der Waals surface area contributed by atoms with Crippen molar-refractivity contribution >= 4 is 47.6 Å². The summed E-state index contributed by atoms with van der Waals surface area (Å²) in [5, 5.41) is 10.7. The maximum absolute atomic E-state index is 14.2. The van der Waals surface area contributed by atoms with E-state index in [9.17, 15) is 38.4 Å². The zero-order valence-electron chi connectivity index (χ0n) is 42.6. The third-order valence-electron chi connectivity index (χ3n) is 11.9. The average Bonchev–Trinajstić information content (AvgIpc) is 3.29. The van der Waals surface area contributed by atoms with Gasteiger partial charge in [-0.25, -0.2) is 14.4 Å². The van der Waals surface area contributed by atoms with Crippen molar-refractivity contribution in [1.82, 2.24) is 31.1 Å². The lowest BCUT2D eigenvalue weighted by Crippen LogP contribution is -2.57. The van der Waals surface area contributed by atoms with Gasteiger partial charge in [0.15, 0.2) is 6.10 Å². The summed E-state index contributed by atoms with van der Waals surface area (Å²) >= 11 is 0. The van der Waals surface area contributed by atoms with Crippen LogP contribution in [0.4, 0.5) is 4.79 Å². The van der Waals surface area contributed by atoms with Gasteiger partial charge in [-0.1, -0.05) is 83.5 Å². The SMILES string of the molecule is C/C=C(\C)[C@H]1OC(=O)[C@@H](C)NC(=O)[C@H](C(C)CC)NC(=O)CN(C)C(=O)[C@@H](Cc2ccccc2)N(C)C(=O)[C@H](C)NC(=O)[C@@H](CC(C)C)OC(=O)/C(C)=C/C[C@H](OC(=O)NCCOC(C)C)[C@@H]1C. The van der Waals surface area contributed by atoms with E-state index >= 15 is 0 Å². The van der Waals surface area contributed by atoms with Crippen molar-refractivity contribution in [2.24, 2.45) is 17.8 Å². The minimum Gasteiger partial charge on any atom is -0.456 e. The Labute approximate surface area is 403 Å². The summed E-state index contributed by atoms with van der Waals surface area (Å²) < 4.78 is 23.3. The third-order valence-corrected chi connectivity index (χ3v) is 11.9. The van der Waals surface area contributed by atoms with Crippen molar-refractivity contribution in [3.8, 4) is 0 Å². The molecule has 68 heavy (non-hydrogen) atoms. The largest absolute Gasteiger partial charge is 0.456 e. The zero-order valence-corrected chi connectivity index (χ0v) is 42.6. The van der Waals surface area contributed by atoms with Crippen LogP contribution < -0.4 is 21.3 Å². The smallest absolute Gasteiger partial charge is 0.407 e. The number of nitrogens with zero attached hydrogens (tertiary/aromatic N) is 2. The molecule has 0 aromatic heterocycles. The topological polar surface area (TPSA) is 228 Å². The fourth-order valence-electron chi connectivity index (χ4n) is 7.32. The minimum absolute atomic E-state index is 0.0530. The van der Waals surface area contributed by atoms with Crippen molar-refractivity contribution in [2.75, 3.05) is 33.8 Å². The van der Waals surface area contributed by atoms with E-state index in [-0.39, 0.29) is 50.0 Å². The average molecular weight is 955 g/mol. The molecule has 1 aliphatic heterocycles. The van der Waals surface area contributed by atoms with Crippen molar-refractivity contribution < 1.29 is 57.3 Å². The number of esters is 2. The molecule has 1 aromatic carbocycles. The molecule has 18 heteroatoms. The first kappa shape index (κ1) is 58.3. The van der Waals surface area contributed by atoms with Crippen LogP contribution in [0, 0.1) is 17.8 Å². The molecule has 9 atom stereocenters. The molecule has 1 aliphatic rings. The number of benzene rings is 1. The molecule has 6 amide bonds. The van der Waals surface area contributed by atoms with Crippen LogP contribution in [0.25, 0.3) is 0 Å². The molecule has 18 nitrogen and oxygen atoms in total. The summed E-state index contributed by atoms with van der Waals surface area (Å²) in [7, 11) is 2.84. The van der Waals surface area contributed by atoms with Crippen molar-refractivity contribution in [3.05, 3.63) is 59.2 Å². The molecule has 0 spiro atoms. The number of rotatable bonds is 12. The molecule has 4 N–H and O–H groups in total. The molecule has 1 unspecified atom stereocenters. The molecule has 0 saturated carbocycles. The Balaban J connectivity index is 2.71. The number of amides is 6. The number of carbonyl (C=O) groups is 8. The molecule has 0 bridgehead atoms. The van der Waals surface area contributed by atoms with Gasteiger partial charge < -0.3 is 50.0 Å². The molecular weight excluding hydrogens is 877 g/mol. The lowest BCUT2D eigenvalue weighted by atomic mass is 9.90. The first-order chi connectivity index (χ1) is 31.9. The van der Waals surface area contributed by atoms with Gasteiger partial charge in [0.2, 0.25) is 23.6 Å². The Bertz CT molecular complexity index is 1940. The molecule has 0 aliphatic carbocycles. The van der Waals surface area contributed by atoms with Crippen LogP contribution in [0.5, 0.6) is 0 Å². The number of carbonyl (C=O) groups excluding carboxylic acids is 8. The van der Waals surface area contributed by atoms with Crippen LogP contribution in [-0.4, -0.2) is 140 Å². The van der Waals surface area contributed by atoms with Crippen molar-refractivity contribution in [1.29, 1.82) is 0 Å². The predicted octanol–water partition coefficient (Wildman–Crippen LogP) is 4.40. The second kappa shape index (κ2) is 28.5. The van der Waals surface area contributed by atoms with Crippen LogP contribution in [0.15, 0.2) is 53.6 Å². The highest BCUT2D eigenvalue weighted by Gasteiger charge is 2.37. The monoisotopic (exact) mass is 955 g/mol. The van der Waals surface area contributed by atoms with Gasteiger partial charge in [0, 0.05) is 45.0 Å². The van der Waals surface area contributed by atoms with Crippen LogP contribution >= 0.6 is 0 Å². The molecule has 0 radical (unpaired) electrons. The van der Waals surface area contributed by atoms with Crippen LogP contribution in [-0.2, 0) is 58.9 Å². The maximum atomic E-state index is 14.2. The Morgan fingerprint density at radius 3 is 2.12 bits per heavy atom. The third kappa shape index (κ3) is 18.7. The van der Waals surface area contributed by atoms with Gasteiger partial charge in [0.25, 0.3) is 5.91 Å². The van der Waals surface area contributed by atoms with E-state index in [0.29, 0.717) is 12.0 Å². The van der Waals surface area contributed by atoms with E-state index < -0.39 is 108 Å². The predicted molar refractivity (Wildman–Crippen MR) is 256 cm³/mol. The van der Waals surface area contributed by atoms with E-state index in [4.69, 9.17) is 18.9 Å². The maximum Gasteiger partial charge on any atom is 0.407 e. The summed E-state index contributed by atoms with van der Waals surface area (Å²) in [6.07, 6.45) is -0.315. The van der Waals surface area contributed by atoms with Crippen LogP contribution in [0.2, 0.25) is 0 Å². The van der Waals surface area contributed by atoms with E-state index in [0.717, 1.165) is 10.5 Å². The number of likely N-dealkylation sites (N-methyl/N-ethyl adjacent to an activating group) is 2. The fraction of sp³-hybridized carbons (Fsp3) is 0.640. The summed E-state index contributed by atoms with van der Waals surface area (Å²) in [5.74, 6) is -6.17. The van der Waals surface area contributed by atoms with Crippen LogP contribution in [0.3, 0.4) is 0 Å². The summed E-state index contributed by atoms with van der Waals surface area (Å²) in [6, 6.07) is 4.34. The molecule has 380 valence electrons. The number of allylic oxidation sites excluding steroid dienone is 1. The van der Waals surface area contributed by atoms with E-state index in [1.165, 1.54) is 45.8 Å². The fourth-order valence-corrected chi connectivity index (χ4v) is 7.32. The van der Waals surface area contributed by atoms with Gasteiger partial charge in [-0.05, 0) is 77.9 Å². The number of nitrogens with one attached hydrogen (secondary N) is 4. The second-order valence-corrected chi connectivity index (χ2v) is 18.4. The van der Waals surface area contributed by atoms with E-state index in [2.05, 4.69) is 21.3 Å². The lowest BCUT2D eigenvalue weighted by molar-refractivity contribution is -0.155. The molecule has 0 saturated heterocycles. The number of hydrogen-bond donors (Lipinski definition) is 4. The number of alkyl carbamates (subject to hydrolysis) is 1. The zero-order chi connectivity index (χ0) is 51.4.